The van der Waals surface area contributed by atoms with Gasteiger partial charge in [0.15, 0.2) is 0 Å². The highest BCUT2D eigenvalue weighted by molar-refractivity contribution is 4.85. The Hall–Kier alpha value is -0.630. The Morgan fingerprint density at radius 1 is 1.54 bits per heavy atom. The summed E-state index contributed by atoms with van der Waals surface area (Å²) in [6.07, 6.45) is 0. The number of nitrogens with one attached hydrogen (secondary N) is 1. The maximum atomic E-state index is 8.50. The van der Waals surface area contributed by atoms with E-state index in [1.807, 2.05) is 14.0 Å². The Labute approximate surface area is 80.5 Å². The van der Waals surface area contributed by atoms with Crippen LogP contribution >= 0.6 is 0 Å². The minimum absolute atomic E-state index is 0.0594. The van der Waals surface area contributed by atoms with E-state index in [1.54, 1.807) is 7.11 Å². The smallest absolute Gasteiger partial charge is 0.0924 e. The van der Waals surface area contributed by atoms with Gasteiger partial charge in [-0.1, -0.05) is 0 Å². The van der Waals surface area contributed by atoms with Crippen LogP contribution in [0.1, 0.15) is 6.92 Å². The van der Waals surface area contributed by atoms with Crippen LogP contribution in [0.15, 0.2) is 0 Å². The molecule has 76 valence electrons. The van der Waals surface area contributed by atoms with Gasteiger partial charge in [0.25, 0.3) is 0 Å². The number of rotatable bonds is 7. The molecule has 1 atom stereocenters. The molecular formula is C9H19N3O. The zero-order chi connectivity index (χ0) is 10.1. The molecule has 0 radical (unpaired) electrons. The third kappa shape index (κ3) is 7.72. The summed E-state index contributed by atoms with van der Waals surface area (Å²) in [6, 6.07) is 2.07. The first-order chi connectivity index (χ1) is 6.20. The van der Waals surface area contributed by atoms with Gasteiger partial charge in [-0.2, -0.15) is 5.26 Å². The summed E-state index contributed by atoms with van der Waals surface area (Å²) < 4.78 is 4.95. The van der Waals surface area contributed by atoms with Crippen molar-refractivity contribution in [1.29, 1.82) is 5.26 Å². The molecule has 0 aromatic rings. The lowest BCUT2D eigenvalue weighted by Crippen LogP contribution is -2.34. The van der Waals surface area contributed by atoms with Crippen LogP contribution in [0.2, 0.25) is 0 Å². The SMILES string of the molecule is COCCN(C)CCNC(C)C#N. The van der Waals surface area contributed by atoms with Crippen LogP contribution in [0.25, 0.3) is 0 Å². The van der Waals surface area contributed by atoms with Crippen molar-refractivity contribution in [3.8, 4) is 6.07 Å². The van der Waals surface area contributed by atoms with Gasteiger partial charge in [0.1, 0.15) is 0 Å². The normalized spacial score (nSPS) is 12.8. The highest BCUT2D eigenvalue weighted by atomic mass is 16.5. The fraction of sp³-hybridized carbons (Fsp3) is 0.889. The Balaban J connectivity index is 3.27. The first-order valence-corrected chi connectivity index (χ1v) is 4.51. The van der Waals surface area contributed by atoms with Crippen LogP contribution in [-0.4, -0.2) is 51.3 Å². The molecule has 4 nitrogen and oxygen atoms in total. The fourth-order valence-electron chi connectivity index (χ4n) is 0.876. The highest BCUT2D eigenvalue weighted by Gasteiger charge is 1.99. The van der Waals surface area contributed by atoms with Crippen LogP contribution in [-0.2, 0) is 4.74 Å². The largest absolute Gasteiger partial charge is 0.383 e. The zero-order valence-electron chi connectivity index (χ0n) is 8.71. The van der Waals surface area contributed by atoms with E-state index < -0.39 is 0 Å². The molecule has 0 saturated carbocycles. The number of methoxy groups -OCH3 is 1. The molecule has 0 aromatic carbocycles. The average Bonchev–Trinajstić information content (AvgIpc) is 2.14. The zero-order valence-corrected chi connectivity index (χ0v) is 8.71. The molecule has 13 heavy (non-hydrogen) atoms. The third-order valence-corrected chi connectivity index (χ3v) is 1.81. The lowest BCUT2D eigenvalue weighted by Gasteiger charge is -2.16. The molecule has 0 aromatic heterocycles. The quantitative estimate of drug-likeness (QED) is 0.609. The van der Waals surface area contributed by atoms with Crippen LogP contribution in [0.3, 0.4) is 0 Å². The maximum absolute atomic E-state index is 8.50. The van der Waals surface area contributed by atoms with Gasteiger partial charge >= 0.3 is 0 Å². The third-order valence-electron chi connectivity index (χ3n) is 1.81. The average molecular weight is 185 g/mol. The topological polar surface area (TPSA) is 48.3 Å². The Morgan fingerprint density at radius 2 is 2.23 bits per heavy atom. The summed E-state index contributed by atoms with van der Waals surface area (Å²) in [5, 5.41) is 11.6. The first kappa shape index (κ1) is 12.4. The van der Waals surface area contributed by atoms with Crippen molar-refractivity contribution in [2.75, 3.05) is 40.4 Å². The summed E-state index contributed by atoms with van der Waals surface area (Å²) in [7, 11) is 3.74. The molecule has 0 heterocycles. The molecule has 0 aliphatic rings. The van der Waals surface area contributed by atoms with E-state index >= 15 is 0 Å². The summed E-state index contributed by atoms with van der Waals surface area (Å²) >= 11 is 0. The summed E-state index contributed by atoms with van der Waals surface area (Å²) in [6.45, 7) is 5.32. The van der Waals surface area contributed by atoms with E-state index in [1.165, 1.54) is 0 Å². The predicted octanol–water partition coefficient (Wildman–Crippen LogP) is 0.0663. The van der Waals surface area contributed by atoms with Crippen molar-refractivity contribution >= 4 is 0 Å². The minimum Gasteiger partial charge on any atom is -0.383 e. The van der Waals surface area contributed by atoms with E-state index in [0.717, 1.165) is 26.2 Å². The molecule has 0 saturated heterocycles. The van der Waals surface area contributed by atoms with E-state index in [-0.39, 0.29) is 6.04 Å². The summed E-state index contributed by atoms with van der Waals surface area (Å²) in [5.74, 6) is 0. The van der Waals surface area contributed by atoms with E-state index in [4.69, 9.17) is 10.00 Å². The first-order valence-electron chi connectivity index (χ1n) is 4.51. The van der Waals surface area contributed by atoms with E-state index in [0.29, 0.717) is 0 Å². The van der Waals surface area contributed by atoms with Crippen molar-refractivity contribution in [1.82, 2.24) is 10.2 Å². The van der Waals surface area contributed by atoms with Crippen molar-refractivity contribution in [2.45, 2.75) is 13.0 Å². The number of nitriles is 1. The number of hydrogen-bond acceptors (Lipinski definition) is 4. The van der Waals surface area contributed by atoms with Crippen LogP contribution in [0.5, 0.6) is 0 Å². The molecule has 1 unspecified atom stereocenters. The monoisotopic (exact) mass is 185 g/mol. The summed E-state index contributed by atoms with van der Waals surface area (Å²) in [4.78, 5) is 2.17. The second-order valence-corrected chi connectivity index (χ2v) is 3.10. The van der Waals surface area contributed by atoms with Gasteiger partial charge in [-0.3, -0.25) is 0 Å². The molecule has 0 fully saturated rings. The van der Waals surface area contributed by atoms with Gasteiger partial charge in [0, 0.05) is 26.7 Å². The second-order valence-electron chi connectivity index (χ2n) is 3.10. The lowest BCUT2D eigenvalue weighted by atomic mass is 10.4. The van der Waals surface area contributed by atoms with Gasteiger partial charge in [-0.05, 0) is 14.0 Å². The molecule has 4 heteroatoms. The fourth-order valence-corrected chi connectivity index (χ4v) is 0.876. The van der Waals surface area contributed by atoms with Gasteiger partial charge in [0.2, 0.25) is 0 Å². The minimum atomic E-state index is -0.0594. The Kier molecular flexibility index (Phi) is 7.60. The number of ether oxygens (including phenoxy) is 1. The maximum Gasteiger partial charge on any atom is 0.0924 e. The van der Waals surface area contributed by atoms with Crippen LogP contribution in [0.4, 0.5) is 0 Å². The van der Waals surface area contributed by atoms with Gasteiger partial charge in [0.05, 0.1) is 18.7 Å². The Morgan fingerprint density at radius 3 is 2.77 bits per heavy atom. The molecule has 1 N–H and O–H groups in total. The summed E-state index contributed by atoms with van der Waals surface area (Å²) in [5.41, 5.74) is 0. The molecule has 0 bridgehead atoms. The van der Waals surface area contributed by atoms with Crippen molar-refractivity contribution < 1.29 is 4.74 Å². The lowest BCUT2D eigenvalue weighted by molar-refractivity contribution is 0.161. The molecule has 0 aliphatic carbocycles. The number of nitrogens with zero attached hydrogens (tertiary/aromatic N) is 2. The predicted molar refractivity (Wildman–Crippen MR) is 52.5 cm³/mol. The Bertz CT molecular complexity index is 155. The number of likely N-dealkylation sites (N-methyl/N-ethyl adjacent to an activating group) is 1. The molecule has 0 amide bonds. The highest BCUT2D eigenvalue weighted by Crippen LogP contribution is 1.82. The molecule has 0 aliphatic heterocycles. The van der Waals surface area contributed by atoms with E-state index in [9.17, 15) is 0 Å². The van der Waals surface area contributed by atoms with Crippen molar-refractivity contribution in [3.05, 3.63) is 0 Å². The van der Waals surface area contributed by atoms with Crippen molar-refractivity contribution in [2.24, 2.45) is 0 Å². The van der Waals surface area contributed by atoms with Crippen molar-refractivity contribution in [3.63, 3.8) is 0 Å². The molecule has 0 rings (SSSR count). The number of hydrogen-bond donors (Lipinski definition) is 1. The second kappa shape index (κ2) is 7.99. The standard InChI is InChI=1S/C9H19N3O/c1-9(8-10)11-4-5-12(2)6-7-13-3/h9,11H,4-7H2,1-3H3. The molecular weight excluding hydrogens is 166 g/mol. The van der Waals surface area contributed by atoms with Gasteiger partial charge < -0.3 is 15.0 Å². The van der Waals surface area contributed by atoms with Gasteiger partial charge in [-0.25, -0.2) is 0 Å². The van der Waals surface area contributed by atoms with Crippen LogP contribution in [0, 0.1) is 11.3 Å². The van der Waals surface area contributed by atoms with Gasteiger partial charge in [-0.15, -0.1) is 0 Å². The van der Waals surface area contributed by atoms with E-state index in [2.05, 4.69) is 16.3 Å². The van der Waals surface area contributed by atoms with Crippen LogP contribution < -0.4 is 5.32 Å². The molecule has 0 spiro atoms.